The number of carbonyl (C=O) groups excluding carboxylic acids is 2. The van der Waals surface area contributed by atoms with Crippen LogP contribution in [0.5, 0.6) is 0 Å². The Hall–Kier alpha value is -1.10. The molecule has 108 valence electrons. The van der Waals surface area contributed by atoms with Crippen LogP contribution in [0.3, 0.4) is 0 Å². The van der Waals surface area contributed by atoms with Crippen LogP contribution in [0.4, 0.5) is 0 Å². The predicted octanol–water partition coefficient (Wildman–Crippen LogP) is 0.633. The molecule has 1 aliphatic heterocycles. The number of primary amides is 1. The summed E-state index contributed by atoms with van der Waals surface area (Å²) in [6, 6.07) is 0.379. The molecule has 2 fully saturated rings. The van der Waals surface area contributed by atoms with E-state index in [1.807, 2.05) is 0 Å². The first kappa shape index (κ1) is 14.3. The molecule has 0 aromatic carbocycles. The van der Waals surface area contributed by atoms with Gasteiger partial charge in [0.05, 0.1) is 6.54 Å². The second-order valence-corrected chi connectivity index (χ2v) is 5.86. The minimum absolute atomic E-state index is 0.00217. The van der Waals surface area contributed by atoms with E-state index in [9.17, 15) is 9.59 Å². The lowest BCUT2D eigenvalue weighted by Crippen LogP contribution is -2.46. The molecular formula is C14H25N3O2. The van der Waals surface area contributed by atoms with Gasteiger partial charge in [-0.3, -0.25) is 14.5 Å². The molecule has 2 aliphatic rings. The Kier molecular flexibility index (Phi) is 5.19. The fourth-order valence-electron chi connectivity index (χ4n) is 3.10. The number of rotatable bonds is 4. The van der Waals surface area contributed by atoms with Gasteiger partial charge >= 0.3 is 0 Å². The van der Waals surface area contributed by atoms with Gasteiger partial charge in [0.15, 0.2) is 0 Å². The summed E-state index contributed by atoms with van der Waals surface area (Å²) in [5, 5.41) is 3.13. The van der Waals surface area contributed by atoms with Gasteiger partial charge in [0.2, 0.25) is 11.8 Å². The van der Waals surface area contributed by atoms with E-state index in [1.165, 1.54) is 19.3 Å². The quantitative estimate of drug-likeness (QED) is 0.784. The number of nitrogens with zero attached hydrogens (tertiary/aromatic N) is 1. The van der Waals surface area contributed by atoms with E-state index in [4.69, 9.17) is 5.73 Å². The van der Waals surface area contributed by atoms with Gasteiger partial charge in [0, 0.05) is 12.0 Å². The Balaban J connectivity index is 1.67. The zero-order valence-electron chi connectivity index (χ0n) is 11.6. The predicted molar refractivity (Wildman–Crippen MR) is 73.4 cm³/mol. The van der Waals surface area contributed by atoms with E-state index >= 15 is 0 Å². The summed E-state index contributed by atoms with van der Waals surface area (Å²) < 4.78 is 0. The van der Waals surface area contributed by atoms with Crippen molar-refractivity contribution in [1.29, 1.82) is 0 Å². The maximum Gasteiger partial charge on any atom is 0.234 e. The van der Waals surface area contributed by atoms with Crippen molar-refractivity contribution < 1.29 is 9.59 Å². The number of hydrogen-bond acceptors (Lipinski definition) is 3. The molecule has 0 aromatic heterocycles. The molecule has 1 saturated heterocycles. The first-order valence-corrected chi connectivity index (χ1v) is 7.46. The lowest BCUT2D eigenvalue weighted by molar-refractivity contribution is -0.124. The van der Waals surface area contributed by atoms with E-state index in [0.29, 0.717) is 12.6 Å². The summed E-state index contributed by atoms with van der Waals surface area (Å²) in [7, 11) is 0. The van der Waals surface area contributed by atoms with Crippen molar-refractivity contribution in [3.8, 4) is 0 Å². The number of nitrogens with two attached hydrogens (primary N) is 1. The third kappa shape index (κ3) is 4.49. The SMILES string of the molecule is NC(=O)C1CCN(CC(=O)NC2CCCCC2)CC1. The number of nitrogens with one attached hydrogen (secondary N) is 1. The summed E-state index contributed by atoms with van der Waals surface area (Å²) in [5.41, 5.74) is 5.30. The summed E-state index contributed by atoms with van der Waals surface area (Å²) in [4.78, 5) is 25.1. The van der Waals surface area contributed by atoms with Crippen LogP contribution in [0.1, 0.15) is 44.9 Å². The van der Waals surface area contributed by atoms with Gasteiger partial charge in [-0.25, -0.2) is 0 Å². The summed E-state index contributed by atoms with van der Waals surface area (Å²) in [5.74, 6) is -0.0756. The molecule has 0 unspecified atom stereocenters. The second kappa shape index (κ2) is 6.89. The topological polar surface area (TPSA) is 75.4 Å². The Morgan fingerprint density at radius 2 is 1.68 bits per heavy atom. The van der Waals surface area contributed by atoms with Gasteiger partial charge in [-0.15, -0.1) is 0 Å². The Morgan fingerprint density at radius 3 is 2.26 bits per heavy atom. The molecule has 0 bridgehead atoms. The van der Waals surface area contributed by atoms with Crippen LogP contribution in [-0.2, 0) is 9.59 Å². The molecule has 1 saturated carbocycles. The van der Waals surface area contributed by atoms with Crippen molar-refractivity contribution in [1.82, 2.24) is 10.2 Å². The van der Waals surface area contributed by atoms with Crippen LogP contribution in [0.15, 0.2) is 0 Å². The molecule has 0 atom stereocenters. The molecular weight excluding hydrogens is 242 g/mol. The first-order valence-electron chi connectivity index (χ1n) is 7.46. The molecule has 5 nitrogen and oxygen atoms in total. The Bertz CT molecular complexity index is 319. The number of likely N-dealkylation sites (tertiary alicyclic amines) is 1. The molecule has 1 heterocycles. The van der Waals surface area contributed by atoms with Gasteiger partial charge in [0.25, 0.3) is 0 Å². The third-order valence-corrected chi connectivity index (χ3v) is 4.33. The number of amides is 2. The van der Waals surface area contributed by atoms with Gasteiger partial charge < -0.3 is 11.1 Å². The van der Waals surface area contributed by atoms with Crippen molar-refractivity contribution in [2.45, 2.75) is 51.0 Å². The normalized spacial score (nSPS) is 23.2. The first-order chi connectivity index (χ1) is 9.15. The molecule has 2 rings (SSSR count). The van der Waals surface area contributed by atoms with Gasteiger partial charge in [0.1, 0.15) is 0 Å². The van der Waals surface area contributed by atoms with Crippen LogP contribution in [0, 0.1) is 5.92 Å². The van der Waals surface area contributed by atoms with Gasteiger partial charge in [-0.2, -0.15) is 0 Å². The highest BCUT2D eigenvalue weighted by Gasteiger charge is 2.24. The van der Waals surface area contributed by atoms with E-state index < -0.39 is 0 Å². The fourth-order valence-corrected chi connectivity index (χ4v) is 3.10. The van der Waals surface area contributed by atoms with Crippen molar-refractivity contribution in [2.75, 3.05) is 19.6 Å². The summed E-state index contributed by atoms with van der Waals surface area (Å²) in [6.45, 7) is 2.05. The van der Waals surface area contributed by atoms with Crippen molar-refractivity contribution in [3.05, 3.63) is 0 Å². The lowest BCUT2D eigenvalue weighted by Gasteiger charge is -2.31. The molecule has 2 amide bonds. The lowest BCUT2D eigenvalue weighted by atomic mass is 9.95. The summed E-state index contributed by atoms with van der Waals surface area (Å²) in [6.07, 6.45) is 7.57. The molecule has 0 radical (unpaired) electrons. The average molecular weight is 267 g/mol. The minimum atomic E-state index is -0.202. The second-order valence-electron chi connectivity index (χ2n) is 5.86. The van der Waals surface area contributed by atoms with Crippen molar-refractivity contribution >= 4 is 11.8 Å². The smallest absolute Gasteiger partial charge is 0.234 e. The highest BCUT2D eigenvalue weighted by atomic mass is 16.2. The van der Waals surface area contributed by atoms with E-state index in [-0.39, 0.29) is 17.7 Å². The van der Waals surface area contributed by atoms with Crippen molar-refractivity contribution in [3.63, 3.8) is 0 Å². The zero-order valence-corrected chi connectivity index (χ0v) is 11.6. The van der Waals surface area contributed by atoms with Crippen LogP contribution in [0.2, 0.25) is 0 Å². The van der Waals surface area contributed by atoms with E-state index in [1.54, 1.807) is 0 Å². The summed E-state index contributed by atoms with van der Waals surface area (Å²) >= 11 is 0. The van der Waals surface area contributed by atoms with E-state index in [0.717, 1.165) is 38.8 Å². The largest absolute Gasteiger partial charge is 0.369 e. The molecule has 3 N–H and O–H groups in total. The van der Waals surface area contributed by atoms with Crippen LogP contribution in [0.25, 0.3) is 0 Å². The molecule has 0 spiro atoms. The highest BCUT2D eigenvalue weighted by Crippen LogP contribution is 2.18. The maximum atomic E-state index is 12.0. The monoisotopic (exact) mass is 267 g/mol. The standard InChI is InChI=1S/C14H25N3O2/c15-14(19)11-6-8-17(9-7-11)10-13(18)16-12-4-2-1-3-5-12/h11-12H,1-10H2,(H2,15,19)(H,16,18). The minimum Gasteiger partial charge on any atom is -0.369 e. The van der Waals surface area contributed by atoms with Crippen LogP contribution >= 0.6 is 0 Å². The van der Waals surface area contributed by atoms with Gasteiger partial charge in [-0.05, 0) is 38.8 Å². The zero-order chi connectivity index (χ0) is 13.7. The number of hydrogen-bond donors (Lipinski definition) is 2. The molecule has 5 heteroatoms. The van der Waals surface area contributed by atoms with E-state index in [2.05, 4.69) is 10.2 Å². The fraction of sp³-hybridized carbons (Fsp3) is 0.857. The molecule has 19 heavy (non-hydrogen) atoms. The number of carbonyl (C=O) groups is 2. The van der Waals surface area contributed by atoms with Crippen LogP contribution in [-0.4, -0.2) is 42.4 Å². The maximum absolute atomic E-state index is 12.0. The molecule has 0 aromatic rings. The molecule has 1 aliphatic carbocycles. The highest BCUT2D eigenvalue weighted by molar-refractivity contribution is 5.78. The Labute approximate surface area is 114 Å². The van der Waals surface area contributed by atoms with Gasteiger partial charge in [-0.1, -0.05) is 19.3 Å². The van der Waals surface area contributed by atoms with Crippen LogP contribution < -0.4 is 11.1 Å². The van der Waals surface area contributed by atoms with Crippen molar-refractivity contribution in [2.24, 2.45) is 11.7 Å². The number of piperidine rings is 1. The third-order valence-electron chi connectivity index (χ3n) is 4.33. The average Bonchev–Trinajstić information content (AvgIpc) is 2.40. The Morgan fingerprint density at radius 1 is 1.05 bits per heavy atom.